The molecule has 24 heavy (non-hydrogen) atoms. The number of fused-ring (bicyclic) bond motifs is 1. The molecule has 1 aliphatic heterocycles. The summed E-state index contributed by atoms with van der Waals surface area (Å²) in [5.41, 5.74) is 0. The Hall–Kier alpha value is -1.76. The third-order valence-electron chi connectivity index (χ3n) is 5.10. The van der Waals surface area contributed by atoms with Crippen LogP contribution in [0.5, 0.6) is 0 Å². The lowest BCUT2D eigenvalue weighted by molar-refractivity contribution is -0.131. The highest BCUT2D eigenvalue weighted by atomic mass is 32.2. The molecular formula is C17H21N3O3S. The molecule has 3 heterocycles. The zero-order chi connectivity index (χ0) is 16.4. The number of hydrogen-bond donors (Lipinski definition) is 0. The quantitative estimate of drug-likeness (QED) is 0.789. The van der Waals surface area contributed by atoms with Crippen molar-refractivity contribution in [3.05, 3.63) is 18.4 Å². The van der Waals surface area contributed by atoms with E-state index in [1.54, 1.807) is 18.4 Å². The van der Waals surface area contributed by atoms with Crippen LogP contribution >= 0.6 is 11.8 Å². The highest BCUT2D eigenvalue weighted by molar-refractivity contribution is 7.99. The van der Waals surface area contributed by atoms with Crippen LogP contribution in [-0.2, 0) is 4.79 Å². The molecule has 0 bridgehead atoms. The monoisotopic (exact) mass is 347 g/mol. The fraction of sp³-hybridized carbons (Fsp3) is 0.588. The van der Waals surface area contributed by atoms with E-state index in [1.807, 2.05) is 4.90 Å². The first kappa shape index (κ1) is 15.7. The predicted octanol–water partition coefficient (Wildman–Crippen LogP) is 3.46. The summed E-state index contributed by atoms with van der Waals surface area (Å²) in [7, 11) is 0. The Bertz CT molecular complexity index is 685. The molecule has 1 saturated heterocycles. The number of aromatic nitrogens is 2. The van der Waals surface area contributed by atoms with Crippen LogP contribution in [0.3, 0.4) is 0 Å². The number of hydrogen-bond acceptors (Lipinski definition) is 6. The maximum atomic E-state index is 12.5. The van der Waals surface area contributed by atoms with Gasteiger partial charge in [0.2, 0.25) is 5.91 Å². The lowest BCUT2D eigenvalue weighted by atomic mass is 9.75. The number of piperidine rings is 1. The first-order chi connectivity index (χ1) is 11.8. The van der Waals surface area contributed by atoms with E-state index in [4.69, 9.17) is 8.83 Å². The summed E-state index contributed by atoms with van der Waals surface area (Å²) < 4.78 is 10.8. The number of likely N-dealkylation sites (tertiary alicyclic amines) is 1. The van der Waals surface area contributed by atoms with Crippen molar-refractivity contribution >= 4 is 17.7 Å². The Morgan fingerprint density at radius 2 is 2.12 bits per heavy atom. The van der Waals surface area contributed by atoms with Crippen molar-refractivity contribution < 1.29 is 13.6 Å². The Morgan fingerprint density at radius 1 is 1.25 bits per heavy atom. The lowest BCUT2D eigenvalue weighted by Gasteiger charge is -2.41. The third-order valence-corrected chi connectivity index (χ3v) is 5.90. The minimum Gasteiger partial charge on any atom is -0.459 e. The van der Waals surface area contributed by atoms with Gasteiger partial charge in [-0.05, 0) is 36.8 Å². The maximum absolute atomic E-state index is 12.5. The summed E-state index contributed by atoms with van der Waals surface area (Å²) in [6.07, 6.45) is 8.02. The van der Waals surface area contributed by atoms with Gasteiger partial charge in [-0.2, -0.15) is 0 Å². The average Bonchev–Trinajstić information content (AvgIpc) is 3.30. The van der Waals surface area contributed by atoms with Crippen molar-refractivity contribution in [3.8, 4) is 11.7 Å². The first-order valence-corrected chi connectivity index (χ1v) is 9.56. The average molecular weight is 347 g/mol. The number of furan rings is 1. The van der Waals surface area contributed by atoms with Crippen molar-refractivity contribution in [2.24, 2.45) is 11.8 Å². The molecule has 2 atom stereocenters. The fourth-order valence-corrected chi connectivity index (χ4v) is 4.48. The molecule has 4 rings (SSSR count). The molecule has 2 aromatic rings. The number of thioether (sulfide) groups is 1. The summed E-state index contributed by atoms with van der Waals surface area (Å²) in [5, 5.41) is 8.32. The van der Waals surface area contributed by atoms with E-state index in [0.29, 0.717) is 28.5 Å². The van der Waals surface area contributed by atoms with Gasteiger partial charge in [-0.3, -0.25) is 4.79 Å². The maximum Gasteiger partial charge on any atom is 0.284 e. The van der Waals surface area contributed by atoms with E-state index in [9.17, 15) is 4.79 Å². The molecule has 2 aromatic heterocycles. The Kier molecular flexibility index (Phi) is 4.60. The smallest absolute Gasteiger partial charge is 0.284 e. The van der Waals surface area contributed by atoms with Crippen molar-refractivity contribution in [2.75, 3.05) is 18.8 Å². The number of rotatable bonds is 4. The van der Waals surface area contributed by atoms with Crippen LogP contribution in [0, 0.1) is 11.8 Å². The van der Waals surface area contributed by atoms with Gasteiger partial charge < -0.3 is 13.7 Å². The highest BCUT2D eigenvalue weighted by Crippen LogP contribution is 2.36. The summed E-state index contributed by atoms with van der Waals surface area (Å²) in [6.45, 7) is 1.81. The molecule has 0 radical (unpaired) electrons. The number of nitrogens with zero attached hydrogens (tertiary/aromatic N) is 3. The van der Waals surface area contributed by atoms with Crippen molar-refractivity contribution in [1.29, 1.82) is 0 Å². The van der Waals surface area contributed by atoms with E-state index in [1.165, 1.54) is 37.4 Å². The molecular weight excluding hydrogens is 326 g/mol. The van der Waals surface area contributed by atoms with Crippen LogP contribution in [-0.4, -0.2) is 39.8 Å². The molecule has 7 heteroatoms. The summed E-state index contributed by atoms with van der Waals surface area (Å²) in [4.78, 5) is 14.5. The minimum absolute atomic E-state index is 0.168. The minimum atomic E-state index is 0.168. The molecule has 2 aliphatic rings. The van der Waals surface area contributed by atoms with Crippen LogP contribution in [0.15, 0.2) is 32.5 Å². The van der Waals surface area contributed by atoms with Gasteiger partial charge >= 0.3 is 0 Å². The van der Waals surface area contributed by atoms with Gasteiger partial charge in [0.05, 0.1) is 12.0 Å². The second-order valence-corrected chi connectivity index (χ2v) is 7.50. The zero-order valence-corrected chi connectivity index (χ0v) is 14.3. The molecule has 128 valence electrons. The first-order valence-electron chi connectivity index (χ1n) is 8.57. The number of carbonyl (C=O) groups is 1. The van der Waals surface area contributed by atoms with Crippen LogP contribution in [0.4, 0.5) is 0 Å². The predicted molar refractivity (Wildman–Crippen MR) is 89.4 cm³/mol. The van der Waals surface area contributed by atoms with Gasteiger partial charge in [0, 0.05) is 13.1 Å². The van der Waals surface area contributed by atoms with E-state index in [-0.39, 0.29) is 5.91 Å². The fourth-order valence-electron chi connectivity index (χ4n) is 3.81. The molecule has 0 unspecified atom stereocenters. The van der Waals surface area contributed by atoms with Crippen LogP contribution < -0.4 is 0 Å². The second kappa shape index (κ2) is 7.01. The van der Waals surface area contributed by atoms with Gasteiger partial charge in [-0.1, -0.05) is 31.0 Å². The molecule has 2 fully saturated rings. The van der Waals surface area contributed by atoms with Gasteiger partial charge in [-0.15, -0.1) is 10.2 Å². The number of amides is 1. The molecule has 0 spiro atoms. The largest absolute Gasteiger partial charge is 0.459 e. The Morgan fingerprint density at radius 3 is 2.96 bits per heavy atom. The Labute approximate surface area is 145 Å². The van der Waals surface area contributed by atoms with Gasteiger partial charge in [0.25, 0.3) is 11.1 Å². The normalized spacial score (nSPS) is 23.9. The van der Waals surface area contributed by atoms with E-state index in [0.717, 1.165) is 25.4 Å². The van der Waals surface area contributed by atoms with Gasteiger partial charge in [0.1, 0.15) is 0 Å². The molecule has 1 aliphatic carbocycles. The summed E-state index contributed by atoms with van der Waals surface area (Å²) >= 11 is 1.30. The summed E-state index contributed by atoms with van der Waals surface area (Å²) in [6, 6.07) is 3.53. The molecule has 0 aromatic carbocycles. The van der Waals surface area contributed by atoms with E-state index in [2.05, 4.69) is 10.2 Å². The van der Waals surface area contributed by atoms with Gasteiger partial charge in [0.15, 0.2) is 5.76 Å². The second-order valence-electron chi connectivity index (χ2n) is 6.57. The van der Waals surface area contributed by atoms with E-state index < -0.39 is 0 Å². The van der Waals surface area contributed by atoms with Crippen molar-refractivity contribution in [1.82, 2.24) is 15.1 Å². The van der Waals surface area contributed by atoms with Crippen LogP contribution in [0.2, 0.25) is 0 Å². The summed E-state index contributed by atoms with van der Waals surface area (Å²) in [5.74, 6) is 2.94. The van der Waals surface area contributed by atoms with Crippen molar-refractivity contribution in [3.63, 3.8) is 0 Å². The van der Waals surface area contributed by atoms with Crippen LogP contribution in [0.25, 0.3) is 11.7 Å². The highest BCUT2D eigenvalue weighted by Gasteiger charge is 2.32. The van der Waals surface area contributed by atoms with Crippen molar-refractivity contribution in [2.45, 2.75) is 37.3 Å². The molecule has 1 amide bonds. The van der Waals surface area contributed by atoms with Gasteiger partial charge in [-0.25, -0.2) is 0 Å². The molecule has 1 saturated carbocycles. The standard InChI is InChI=1S/C17H21N3O3S/c21-15(20-8-7-12-4-1-2-5-13(12)10-20)11-24-17-19-18-16(23-17)14-6-3-9-22-14/h3,6,9,12-13H,1-2,4-5,7-8,10-11H2/t12-,13+/m0/s1. The molecule has 6 nitrogen and oxygen atoms in total. The number of carbonyl (C=O) groups excluding carboxylic acids is 1. The zero-order valence-electron chi connectivity index (χ0n) is 13.5. The lowest BCUT2D eigenvalue weighted by Crippen LogP contribution is -2.45. The van der Waals surface area contributed by atoms with Crippen LogP contribution in [0.1, 0.15) is 32.1 Å². The third kappa shape index (κ3) is 3.36. The topological polar surface area (TPSA) is 72.4 Å². The Balaban J connectivity index is 1.30. The van der Waals surface area contributed by atoms with E-state index >= 15 is 0 Å². The molecule has 0 N–H and O–H groups in total. The SMILES string of the molecule is O=C(CSc1nnc(-c2ccco2)o1)N1CC[C@@H]2CCCC[C@@H]2C1.